The summed E-state index contributed by atoms with van der Waals surface area (Å²) in [6, 6.07) is 12.6. The molecule has 130 valence electrons. The lowest BCUT2D eigenvalue weighted by Gasteiger charge is -2.16. The first-order valence-electron chi connectivity index (χ1n) is 8.31. The topological polar surface area (TPSA) is 92.7 Å². The van der Waals surface area contributed by atoms with Gasteiger partial charge in [0.1, 0.15) is 11.6 Å². The molecule has 0 fully saturated rings. The van der Waals surface area contributed by atoms with Crippen LogP contribution in [0.15, 0.2) is 59.7 Å². The Kier molecular flexibility index (Phi) is 3.96. The molecular formula is C19H17N5O2. The maximum atomic E-state index is 12.7. The minimum atomic E-state index is -0.565. The molecule has 1 aromatic carbocycles. The number of carbonyl (C=O) groups excluding carboxylic acids is 1. The molecule has 7 nitrogen and oxygen atoms in total. The van der Waals surface area contributed by atoms with E-state index in [1.54, 1.807) is 23.9 Å². The van der Waals surface area contributed by atoms with Gasteiger partial charge in [-0.25, -0.2) is 5.10 Å². The molecule has 0 unspecified atom stereocenters. The van der Waals surface area contributed by atoms with Crippen molar-refractivity contribution < 1.29 is 4.79 Å². The van der Waals surface area contributed by atoms with Crippen LogP contribution >= 0.6 is 0 Å². The first kappa shape index (κ1) is 16.0. The molecule has 0 aliphatic heterocycles. The number of hydrogen-bond acceptors (Lipinski definition) is 4. The molecular weight excluding hydrogens is 330 g/mol. The Balaban J connectivity index is 1.75. The minimum Gasteiger partial charge on any atom is -0.349 e. The number of amides is 1. The zero-order valence-electron chi connectivity index (χ0n) is 14.1. The number of aromatic nitrogens is 4. The zero-order chi connectivity index (χ0) is 18.1. The van der Waals surface area contributed by atoms with Crippen LogP contribution in [-0.2, 0) is 11.3 Å². The second-order valence-electron chi connectivity index (χ2n) is 6.06. The monoisotopic (exact) mass is 347 g/mol. The summed E-state index contributed by atoms with van der Waals surface area (Å²) in [5.74, 6) is -0.186. The van der Waals surface area contributed by atoms with Gasteiger partial charge in [0.15, 0.2) is 0 Å². The van der Waals surface area contributed by atoms with Crippen molar-refractivity contribution in [3.8, 4) is 0 Å². The van der Waals surface area contributed by atoms with E-state index in [0.29, 0.717) is 12.1 Å². The Hall–Kier alpha value is -3.48. The number of nitrogens with one attached hydrogen (secondary N) is 2. The van der Waals surface area contributed by atoms with Gasteiger partial charge >= 0.3 is 0 Å². The highest BCUT2D eigenvalue weighted by atomic mass is 16.2. The molecule has 3 heterocycles. The maximum Gasteiger partial charge on any atom is 0.288 e. The van der Waals surface area contributed by atoms with Gasteiger partial charge in [0.25, 0.3) is 5.56 Å². The van der Waals surface area contributed by atoms with E-state index in [4.69, 9.17) is 0 Å². The van der Waals surface area contributed by atoms with Crippen LogP contribution in [0.4, 0.5) is 0 Å². The first-order valence-corrected chi connectivity index (χ1v) is 8.31. The largest absolute Gasteiger partial charge is 0.349 e. The third-order valence-electron chi connectivity index (χ3n) is 4.46. The predicted octanol–water partition coefficient (Wildman–Crippen LogP) is 2.15. The van der Waals surface area contributed by atoms with Crippen LogP contribution < -0.4 is 10.9 Å². The highest BCUT2D eigenvalue weighted by Crippen LogP contribution is 2.29. The number of H-pyrrole nitrogens is 1. The molecule has 0 spiro atoms. The van der Waals surface area contributed by atoms with Gasteiger partial charge in [0.05, 0.1) is 24.0 Å². The molecule has 26 heavy (non-hydrogen) atoms. The van der Waals surface area contributed by atoms with E-state index >= 15 is 0 Å². The minimum absolute atomic E-state index is 0.186. The fraction of sp³-hybridized carbons (Fsp3) is 0.158. The standard InChI is InChI=1S/C19H17N5O2/c1-12(18(25)21-10-13-6-4-5-9-20-13)24-16-8-3-2-7-14(16)15-11-22-23-19(26)17(15)24/h2-9,11-12H,10H2,1H3,(H,21,25)(H,23,26)/t12-/m0/s1. The van der Waals surface area contributed by atoms with Crippen molar-refractivity contribution >= 4 is 27.7 Å². The lowest BCUT2D eigenvalue weighted by atomic mass is 10.2. The molecule has 2 N–H and O–H groups in total. The van der Waals surface area contributed by atoms with Crippen LogP contribution in [0, 0.1) is 0 Å². The van der Waals surface area contributed by atoms with Gasteiger partial charge in [0, 0.05) is 17.0 Å². The Morgan fingerprint density at radius 1 is 1.19 bits per heavy atom. The fourth-order valence-corrected chi connectivity index (χ4v) is 3.21. The summed E-state index contributed by atoms with van der Waals surface area (Å²) >= 11 is 0. The molecule has 1 atom stereocenters. The number of para-hydroxylation sites is 1. The molecule has 0 aliphatic rings. The number of rotatable bonds is 4. The van der Waals surface area contributed by atoms with Gasteiger partial charge < -0.3 is 9.88 Å². The van der Waals surface area contributed by atoms with E-state index in [2.05, 4.69) is 20.5 Å². The Bertz CT molecular complexity index is 1150. The van der Waals surface area contributed by atoms with Crippen LogP contribution in [0.25, 0.3) is 21.8 Å². The number of aromatic amines is 1. The van der Waals surface area contributed by atoms with Crippen molar-refractivity contribution in [1.29, 1.82) is 0 Å². The second-order valence-corrected chi connectivity index (χ2v) is 6.06. The summed E-state index contributed by atoms with van der Waals surface area (Å²) in [4.78, 5) is 29.3. The van der Waals surface area contributed by atoms with E-state index in [-0.39, 0.29) is 11.5 Å². The summed E-state index contributed by atoms with van der Waals surface area (Å²) in [7, 11) is 0. The summed E-state index contributed by atoms with van der Waals surface area (Å²) in [6.45, 7) is 2.11. The number of hydrogen-bond donors (Lipinski definition) is 2. The van der Waals surface area contributed by atoms with Crippen molar-refractivity contribution in [2.75, 3.05) is 0 Å². The molecule has 0 aliphatic carbocycles. The van der Waals surface area contributed by atoms with Crippen LogP contribution in [0.1, 0.15) is 18.7 Å². The second kappa shape index (κ2) is 6.44. The zero-order valence-corrected chi connectivity index (χ0v) is 14.1. The van der Waals surface area contributed by atoms with E-state index in [1.807, 2.05) is 42.5 Å². The van der Waals surface area contributed by atoms with Crippen LogP contribution in [0.3, 0.4) is 0 Å². The van der Waals surface area contributed by atoms with E-state index in [1.165, 1.54) is 0 Å². The smallest absolute Gasteiger partial charge is 0.288 e. The van der Waals surface area contributed by atoms with Gasteiger partial charge in [-0.15, -0.1) is 0 Å². The maximum absolute atomic E-state index is 12.7. The predicted molar refractivity (Wildman–Crippen MR) is 98.7 cm³/mol. The molecule has 0 saturated carbocycles. The number of carbonyl (C=O) groups is 1. The highest BCUT2D eigenvalue weighted by Gasteiger charge is 2.22. The number of nitrogens with zero attached hydrogens (tertiary/aromatic N) is 3. The van der Waals surface area contributed by atoms with Crippen LogP contribution in [0.2, 0.25) is 0 Å². The van der Waals surface area contributed by atoms with E-state index in [0.717, 1.165) is 22.0 Å². The summed E-state index contributed by atoms with van der Waals surface area (Å²) in [5.41, 5.74) is 1.73. The fourth-order valence-electron chi connectivity index (χ4n) is 3.21. The Morgan fingerprint density at radius 3 is 2.81 bits per heavy atom. The number of benzene rings is 1. The quantitative estimate of drug-likeness (QED) is 0.592. The normalized spacial score (nSPS) is 12.3. The van der Waals surface area contributed by atoms with Gasteiger partial charge in [-0.05, 0) is 25.1 Å². The molecule has 0 bridgehead atoms. The SMILES string of the molecule is C[C@@H](C(=O)NCc1ccccn1)n1c2ccccc2c2cn[nH]c(=O)c21. The lowest BCUT2D eigenvalue weighted by Crippen LogP contribution is -2.31. The molecule has 3 aromatic heterocycles. The third-order valence-corrected chi connectivity index (χ3v) is 4.46. The average Bonchev–Trinajstić information content (AvgIpc) is 3.02. The first-order chi connectivity index (χ1) is 12.7. The molecule has 4 aromatic rings. The Morgan fingerprint density at radius 2 is 2.00 bits per heavy atom. The summed E-state index contributed by atoms with van der Waals surface area (Å²) < 4.78 is 1.76. The van der Waals surface area contributed by atoms with Crippen molar-refractivity contribution in [3.05, 3.63) is 70.9 Å². The van der Waals surface area contributed by atoms with E-state index < -0.39 is 6.04 Å². The molecule has 7 heteroatoms. The molecule has 0 radical (unpaired) electrons. The van der Waals surface area contributed by atoms with Gasteiger partial charge in [0.2, 0.25) is 5.91 Å². The molecule has 0 saturated heterocycles. The number of fused-ring (bicyclic) bond motifs is 3. The van der Waals surface area contributed by atoms with Crippen molar-refractivity contribution in [2.45, 2.75) is 19.5 Å². The van der Waals surface area contributed by atoms with Gasteiger partial charge in [-0.1, -0.05) is 24.3 Å². The molecule has 4 rings (SSSR count). The third kappa shape index (κ3) is 2.63. The van der Waals surface area contributed by atoms with Gasteiger partial charge in [-0.2, -0.15) is 5.10 Å². The van der Waals surface area contributed by atoms with Crippen LogP contribution in [-0.4, -0.2) is 25.7 Å². The summed E-state index contributed by atoms with van der Waals surface area (Å²) in [5, 5.41) is 10.9. The van der Waals surface area contributed by atoms with Crippen molar-refractivity contribution in [1.82, 2.24) is 25.1 Å². The molecule has 1 amide bonds. The van der Waals surface area contributed by atoms with Gasteiger partial charge in [-0.3, -0.25) is 14.6 Å². The summed E-state index contributed by atoms with van der Waals surface area (Å²) in [6.07, 6.45) is 3.30. The van der Waals surface area contributed by atoms with Crippen LogP contribution in [0.5, 0.6) is 0 Å². The average molecular weight is 347 g/mol. The van der Waals surface area contributed by atoms with Crippen molar-refractivity contribution in [2.24, 2.45) is 0 Å². The van der Waals surface area contributed by atoms with E-state index in [9.17, 15) is 9.59 Å². The lowest BCUT2D eigenvalue weighted by molar-refractivity contribution is -0.123. The van der Waals surface area contributed by atoms with Crippen molar-refractivity contribution in [3.63, 3.8) is 0 Å². The number of pyridine rings is 1. The Labute approximate surface area is 148 Å². The highest BCUT2D eigenvalue weighted by molar-refractivity contribution is 6.08.